The first kappa shape index (κ1) is 12.8. The van der Waals surface area contributed by atoms with Gasteiger partial charge in [0.2, 0.25) is 0 Å². The van der Waals surface area contributed by atoms with Crippen LogP contribution in [0.25, 0.3) is 0 Å². The Bertz CT molecular complexity index is 255. The number of aryl methyl sites for hydroxylation is 1. The molecule has 3 heteroatoms. The number of hydrogen-bond donors (Lipinski definition) is 0. The van der Waals surface area contributed by atoms with Crippen LogP contribution in [-0.4, -0.2) is 20.4 Å². The van der Waals surface area contributed by atoms with Gasteiger partial charge >= 0.3 is 119 Å². The molecule has 1 rings (SSSR count). The summed E-state index contributed by atoms with van der Waals surface area (Å²) in [6.07, 6.45) is 6.88. The second kappa shape index (κ2) is 7.08. The van der Waals surface area contributed by atoms with E-state index in [9.17, 15) is 0 Å². The molecule has 1 aromatic rings. The Morgan fingerprint density at radius 3 is 2.54 bits per heavy atom. The summed E-state index contributed by atoms with van der Waals surface area (Å²) >= 11 is 5.15. The molecule has 0 aliphatic rings. The van der Waals surface area contributed by atoms with Crippen LogP contribution in [0.15, 0.2) is 6.07 Å². The minimum atomic E-state index is 0.0946. The van der Waals surface area contributed by atoms with Crippen LogP contribution in [0.2, 0.25) is 0 Å². The fraction of sp³-hybridized carbons (Fsp3) is 0.600. The van der Waals surface area contributed by atoms with Gasteiger partial charge in [0.15, 0.2) is 0 Å². The number of halogens is 2. The van der Waals surface area contributed by atoms with E-state index in [4.69, 9.17) is 0 Å². The Morgan fingerprint density at radius 1 is 1.23 bits per heavy atom. The molecule has 0 nitrogen and oxygen atoms in total. The van der Waals surface area contributed by atoms with Crippen molar-refractivity contribution in [2.75, 3.05) is 0 Å². The number of hydrogen-bond acceptors (Lipinski definition) is 0. The van der Waals surface area contributed by atoms with Crippen LogP contribution >= 0.6 is 45.2 Å². The quantitative estimate of drug-likeness (QED) is 0.315. The normalized spacial score (nSPS) is 10.7. The maximum absolute atomic E-state index is 2.55. The molecule has 0 unspecified atom stereocenters. The Balaban J connectivity index is 2.32. The summed E-state index contributed by atoms with van der Waals surface area (Å²) in [5.74, 6) is 0. The van der Waals surface area contributed by atoms with Crippen molar-refractivity contribution < 1.29 is 0 Å². The zero-order valence-electron chi connectivity index (χ0n) is 7.78. The first-order chi connectivity index (χ1) is 6.24. The van der Waals surface area contributed by atoms with E-state index in [0.717, 1.165) is 0 Å². The molecule has 1 heterocycles. The topological polar surface area (TPSA) is 0 Å². The summed E-state index contributed by atoms with van der Waals surface area (Å²) in [5.41, 5.74) is 1.66. The maximum atomic E-state index is 2.55. The average molecular weight is 516 g/mol. The molecule has 13 heavy (non-hydrogen) atoms. The third kappa shape index (κ3) is 4.85. The van der Waals surface area contributed by atoms with Crippen molar-refractivity contribution in [1.82, 2.24) is 0 Å². The summed E-state index contributed by atoms with van der Waals surface area (Å²) in [4.78, 5) is 0. The van der Waals surface area contributed by atoms with E-state index in [1.54, 1.807) is 8.74 Å². The Morgan fingerprint density at radius 2 is 2.00 bits per heavy atom. The molecule has 0 aromatic carbocycles. The second-order valence-electron chi connectivity index (χ2n) is 3.16. The Hall–Kier alpha value is 1.73. The fourth-order valence-electron chi connectivity index (χ4n) is 1.29. The molecule has 0 atom stereocenters. The average Bonchev–Trinajstić information content (AvgIpc) is 2.39. The van der Waals surface area contributed by atoms with Crippen molar-refractivity contribution in [3.8, 4) is 0 Å². The predicted octanol–water partition coefficient (Wildman–Crippen LogP) is 4.08. The summed E-state index contributed by atoms with van der Waals surface area (Å²) in [7, 11) is 0. The van der Waals surface area contributed by atoms with E-state index in [0.29, 0.717) is 0 Å². The minimum absolute atomic E-state index is 0.0946. The Kier molecular flexibility index (Phi) is 6.97. The third-order valence-corrected chi connectivity index (χ3v) is 8.14. The van der Waals surface area contributed by atoms with Gasteiger partial charge in [-0.15, -0.1) is 0 Å². The van der Waals surface area contributed by atoms with E-state index >= 15 is 0 Å². The van der Waals surface area contributed by atoms with Gasteiger partial charge in [0.25, 0.3) is 0 Å². The molecule has 1 aromatic heterocycles. The molecule has 0 bridgehead atoms. The molecule has 0 N–H and O–H groups in total. The Labute approximate surface area is 118 Å². The zero-order chi connectivity index (χ0) is 9.68. The summed E-state index contributed by atoms with van der Waals surface area (Å²) < 4.78 is 3.33. The molecule has 0 aliphatic carbocycles. The van der Waals surface area contributed by atoms with Gasteiger partial charge < -0.3 is 0 Å². The number of rotatable bonds is 5. The molecular weight excluding hydrogens is 502 g/mol. The van der Waals surface area contributed by atoms with Crippen molar-refractivity contribution in [1.29, 1.82) is 0 Å². The van der Waals surface area contributed by atoms with E-state index in [1.807, 2.05) is 0 Å². The fourth-order valence-corrected chi connectivity index (χ4v) is 9.88. The first-order valence-corrected chi connectivity index (χ1v) is 9.16. The summed E-state index contributed by atoms with van der Waals surface area (Å²) in [6.45, 7) is 2.27. The predicted molar refractivity (Wildman–Crippen MR) is 76.7 cm³/mol. The van der Waals surface area contributed by atoms with Crippen molar-refractivity contribution >= 4 is 65.6 Å². The molecule has 0 fully saturated rings. The van der Waals surface area contributed by atoms with Crippen LogP contribution in [0.4, 0.5) is 0 Å². The molecule has 0 radical (unpaired) electrons. The van der Waals surface area contributed by atoms with Crippen molar-refractivity contribution in [2.45, 2.75) is 39.0 Å². The van der Waals surface area contributed by atoms with Crippen molar-refractivity contribution in [2.24, 2.45) is 0 Å². The van der Waals surface area contributed by atoms with Crippen LogP contribution in [0.3, 0.4) is 0 Å². The van der Waals surface area contributed by atoms with Gasteiger partial charge in [-0.05, 0) is 0 Å². The molecule has 0 spiro atoms. The SMILES string of the molecule is CCCCCCc1cc(I)[te]c1I. The van der Waals surface area contributed by atoms with Gasteiger partial charge in [-0.2, -0.15) is 0 Å². The standard InChI is InChI=1S/C10H14I2Te/c1-2-3-4-5-6-8-7-9(11)13-10(8)12/h7H,2-6H2,1H3. The summed E-state index contributed by atoms with van der Waals surface area (Å²) in [5, 5.41) is 0. The van der Waals surface area contributed by atoms with Crippen LogP contribution in [0, 0.1) is 3.17 Å². The van der Waals surface area contributed by atoms with Gasteiger partial charge in [0, 0.05) is 0 Å². The van der Waals surface area contributed by atoms with E-state index in [-0.39, 0.29) is 20.4 Å². The van der Waals surface area contributed by atoms with Gasteiger partial charge in [0.1, 0.15) is 0 Å². The van der Waals surface area contributed by atoms with Crippen LogP contribution in [0.1, 0.15) is 38.2 Å². The van der Waals surface area contributed by atoms with E-state index in [2.05, 4.69) is 58.2 Å². The van der Waals surface area contributed by atoms with E-state index < -0.39 is 0 Å². The first-order valence-electron chi connectivity index (χ1n) is 4.67. The van der Waals surface area contributed by atoms with Gasteiger partial charge in [0.05, 0.1) is 0 Å². The zero-order valence-corrected chi connectivity index (χ0v) is 14.4. The van der Waals surface area contributed by atoms with Crippen molar-refractivity contribution in [3.05, 3.63) is 14.8 Å². The molecule has 0 saturated carbocycles. The molecule has 0 aliphatic heterocycles. The number of unbranched alkanes of at least 4 members (excludes halogenated alkanes) is 3. The van der Waals surface area contributed by atoms with Crippen LogP contribution < -0.4 is 0 Å². The van der Waals surface area contributed by atoms with Crippen molar-refractivity contribution in [3.63, 3.8) is 0 Å². The van der Waals surface area contributed by atoms with Gasteiger partial charge in [-0.3, -0.25) is 0 Å². The molecule has 74 valence electrons. The monoisotopic (exact) mass is 518 g/mol. The van der Waals surface area contributed by atoms with Gasteiger partial charge in [-0.1, -0.05) is 0 Å². The third-order valence-electron chi connectivity index (χ3n) is 2.03. The van der Waals surface area contributed by atoms with Crippen LogP contribution in [-0.2, 0) is 6.42 Å². The van der Waals surface area contributed by atoms with E-state index in [1.165, 1.54) is 32.1 Å². The molecule has 0 amide bonds. The second-order valence-corrected chi connectivity index (χ2v) is 12.9. The molecular formula is C10H14I2Te. The summed E-state index contributed by atoms with van der Waals surface area (Å²) in [6, 6.07) is 2.43. The van der Waals surface area contributed by atoms with Gasteiger partial charge in [-0.25, -0.2) is 0 Å². The molecule has 0 saturated heterocycles. The van der Waals surface area contributed by atoms with Crippen LogP contribution in [0.5, 0.6) is 0 Å².